The van der Waals surface area contributed by atoms with Gasteiger partial charge in [0.1, 0.15) is 5.03 Å². The van der Waals surface area contributed by atoms with Crippen LogP contribution in [0.15, 0.2) is 35.6 Å². The summed E-state index contributed by atoms with van der Waals surface area (Å²) < 4.78 is 1.73. The minimum absolute atomic E-state index is 0.194. The quantitative estimate of drug-likeness (QED) is 0.753. The first-order valence-corrected chi connectivity index (χ1v) is 7.92. The highest BCUT2D eigenvalue weighted by Gasteiger charge is 2.13. The van der Waals surface area contributed by atoms with E-state index in [4.69, 9.17) is 0 Å². The molecule has 0 unspecified atom stereocenters. The lowest BCUT2D eigenvalue weighted by molar-refractivity contribution is 0.102. The van der Waals surface area contributed by atoms with Crippen molar-refractivity contribution in [1.29, 1.82) is 0 Å². The van der Waals surface area contributed by atoms with Gasteiger partial charge in [0, 0.05) is 18.6 Å². The predicted octanol–water partition coefficient (Wildman–Crippen LogP) is 2.65. The first-order chi connectivity index (χ1) is 10.6. The van der Waals surface area contributed by atoms with Crippen molar-refractivity contribution in [2.45, 2.75) is 11.9 Å². The van der Waals surface area contributed by atoms with Gasteiger partial charge in [-0.3, -0.25) is 9.48 Å². The van der Waals surface area contributed by atoms with Crippen LogP contribution in [0.5, 0.6) is 0 Å². The molecule has 3 heterocycles. The Morgan fingerprint density at radius 1 is 1.36 bits per heavy atom. The van der Waals surface area contributed by atoms with Gasteiger partial charge in [0.15, 0.2) is 5.65 Å². The highest BCUT2D eigenvalue weighted by atomic mass is 32.2. The molecule has 0 aliphatic carbocycles. The standard InChI is InChI=1S/C15H15N5OS/c1-9-12-7-10(8-17-13(12)20(2)19-9)18-14(21)11-5-4-6-16-15(11)22-3/h4-8H,1-3H3,(H,18,21). The Kier molecular flexibility index (Phi) is 3.81. The summed E-state index contributed by atoms with van der Waals surface area (Å²) >= 11 is 1.44. The molecule has 3 rings (SSSR count). The van der Waals surface area contributed by atoms with Gasteiger partial charge in [-0.25, -0.2) is 9.97 Å². The summed E-state index contributed by atoms with van der Waals surface area (Å²) in [6, 6.07) is 5.40. The van der Waals surface area contributed by atoms with Gasteiger partial charge in [-0.15, -0.1) is 11.8 Å². The third-order valence-corrected chi connectivity index (χ3v) is 4.04. The fourth-order valence-corrected chi connectivity index (χ4v) is 2.85. The van der Waals surface area contributed by atoms with Crippen molar-refractivity contribution in [2.24, 2.45) is 7.05 Å². The number of amides is 1. The molecule has 7 heteroatoms. The number of aromatic nitrogens is 4. The van der Waals surface area contributed by atoms with Gasteiger partial charge in [0.05, 0.1) is 23.1 Å². The Bertz CT molecular complexity index is 858. The summed E-state index contributed by atoms with van der Waals surface area (Å²) in [5, 5.41) is 8.82. The van der Waals surface area contributed by atoms with E-state index >= 15 is 0 Å². The first kappa shape index (κ1) is 14.5. The largest absolute Gasteiger partial charge is 0.320 e. The second-order valence-electron chi connectivity index (χ2n) is 4.82. The van der Waals surface area contributed by atoms with Gasteiger partial charge < -0.3 is 5.32 Å². The lowest BCUT2D eigenvalue weighted by Gasteiger charge is -2.07. The molecule has 3 aromatic rings. The molecular weight excluding hydrogens is 298 g/mol. The van der Waals surface area contributed by atoms with E-state index in [1.54, 1.807) is 29.2 Å². The fraction of sp³-hybridized carbons (Fsp3) is 0.200. The molecule has 0 aliphatic heterocycles. The summed E-state index contributed by atoms with van der Waals surface area (Å²) in [6.07, 6.45) is 5.21. The second-order valence-corrected chi connectivity index (χ2v) is 5.61. The summed E-state index contributed by atoms with van der Waals surface area (Å²) in [4.78, 5) is 21.0. The Hall–Kier alpha value is -2.41. The maximum Gasteiger partial charge on any atom is 0.258 e. The molecule has 22 heavy (non-hydrogen) atoms. The van der Waals surface area contributed by atoms with E-state index in [9.17, 15) is 4.79 Å². The van der Waals surface area contributed by atoms with Crippen LogP contribution in [0.1, 0.15) is 16.1 Å². The average molecular weight is 313 g/mol. The zero-order chi connectivity index (χ0) is 15.7. The number of thioether (sulfide) groups is 1. The SMILES string of the molecule is CSc1ncccc1C(=O)Nc1cnc2c(c1)c(C)nn2C. The molecule has 0 fully saturated rings. The number of rotatable bonds is 3. The lowest BCUT2D eigenvalue weighted by atomic mass is 10.2. The summed E-state index contributed by atoms with van der Waals surface area (Å²) in [5.41, 5.74) is 2.87. The summed E-state index contributed by atoms with van der Waals surface area (Å²) in [7, 11) is 1.85. The number of carbonyl (C=O) groups excluding carboxylic acids is 1. The smallest absolute Gasteiger partial charge is 0.258 e. The maximum absolute atomic E-state index is 12.4. The average Bonchev–Trinajstić information content (AvgIpc) is 2.81. The highest BCUT2D eigenvalue weighted by molar-refractivity contribution is 7.98. The second kappa shape index (κ2) is 5.76. The molecule has 6 nitrogen and oxygen atoms in total. The van der Waals surface area contributed by atoms with Crippen LogP contribution in [-0.2, 0) is 7.05 Å². The normalized spacial score (nSPS) is 10.9. The van der Waals surface area contributed by atoms with Crippen LogP contribution in [0, 0.1) is 6.92 Å². The molecule has 1 amide bonds. The molecule has 0 saturated carbocycles. The van der Waals surface area contributed by atoms with Crippen molar-refractivity contribution in [2.75, 3.05) is 11.6 Å². The minimum Gasteiger partial charge on any atom is -0.320 e. The zero-order valence-electron chi connectivity index (χ0n) is 12.5. The number of carbonyl (C=O) groups is 1. The number of aryl methyl sites for hydroxylation is 2. The van der Waals surface area contributed by atoms with Gasteiger partial charge in [-0.2, -0.15) is 5.10 Å². The number of nitrogens with one attached hydrogen (secondary N) is 1. The molecule has 0 bridgehead atoms. The van der Waals surface area contributed by atoms with Crippen molar-refractivity contribution in [3.05, 3.63) is 41.9 Å². The number of hydrogen-bond acceptors (Lipinski definition) is 5. The number of nitrogens with zero attached hydrogens (tertiary/aromatic N) is 4. The van der Waals surface area contributed by atoms with Crippen molar-refractivity contribution in [3.8, 4) is 0 Å². The van der Waals surface area contributed by atoms with E-state index in [0.29, 0.717) is 16.3 Å². The van der Waals surface area contributed by atoms with Gasteiger partial charge in [-0.05, 0) is 31.4 Å². The molecule has 1 N–H and O–H groups in total. The Balaban J connectivity index is 1.92. The first-order valence-electron chi connectivity index (χ1n) is 6.70. The number of anilines is 1. The monoisotopic (exact) mass is 313 g/mol. The molecular formula is C15H15N5OS. The minimum atomic E-state index is -0.194. The number of pyridine rings is 2. The van der Waals surface area contributed by atoms with E-state index in [1.165, 1.54) is 11.8 Å². The van der Waals surface area contributed by atoms with E-state index in [0.717, 1.165) is 16.7 Å². The molecule has 0 saturated heterocycles. The third-order valence-electron chi connectivity index (χ3n) is 3.33. The lowest BCUT2D eigenvalue weighted by Crippen LogP contribution is -2.13. The molecule has 0 spiro atoms. The molecule has 112 valence electrons. The van der Waals surface area contributed by atoms with Crippen molar-refractivity contribution in [1.82, 2.24) is 19.7 Å². The topological polar surface area (TPSA) is 72.7 Å². The van der Waals surface area contributed by atoms with E-state index in [-0.39, 0.29) is 5.91 Å². The summed E-state index contributed by atoms with van der Waals surface area (Å²) in [5.74, 6) is -0.194. The van der Waals surface area contributed by atoms with Crippen LogP contribution in [0.3, 0.4) is 0 Å². The van der Waals surface area contributed by atoms with Gasteiger partial charge in [0.25, 0.3) is 5.91 Å². The number of fused-ring (bicyclic) bond motifs is 1. The van der Waals surface area contributed by atoms with Crippen molar-refractivity contribution >= 4 is 34.4 Å². The van der Waals surface area contributed by atoms with E-state index in [2.05, 4.69) is 20.4 Å². The van der Waals surface area contributed by atoms with Crippen LogP contribution in [0.2, 0.25) is 0 Å². The van der Waals surface area contributed by atoms with Crippen molar-refractivity contribution < 1.29 is 4.79 Å². The van der Waals surface area contributed by atoms with Crippen LogP contribution < -0.4 is 5.32 Å². The fourth-order valence-electron chi connectivity index (χ4n) is 2.30. The van der Waals surface area contributed by atoms with Gasteiger partial charge >= 0.3 is 0 Å². The van der Waals surface area contributed by atoms with Gasteiger partial charge in [-0.1, -0.05) is 0 Å². The maximum atomic E-state index is 12.4. The molecule has 0 atom stereocenters. The summed E-state index contributed by atoms with van der Waals surface area (Å²) in [6.45, 7) is 1.92. The molecule has 0 radical (unpaired) electrons. The van der Waals surface area contributed by atoms with Crippen LogP contribution in [-0.4, -0.2) is 31.9 Å². The van der Waals surface area contributed by atoms with Crippen molar-refractivity contribution in [3.63, 3.8) is 0 Å². The van der Waals surface area contributed by atoms with E-state index < -0.39 is 0 Å². The highest BCUT2D eigenvalue weighted by Crippen LogP contribution is 2.21. The molecule has 3 aromatic heterocycles. The Labute approximate surface area is 132 Å². The Morgan fingerprint density at radius 2 is 2.18 bits per heavy atom. The van der Waals surface area contributed by atoms with E-state index in [1.807, 2.05) is 26.3 Å². The van der Waals surface area contributed by atoms with Gasteiger partial charge in [0.2, 0.25) is 0 Å². The van der Waals surface area contributed by atoms with Crippen LogP contribution in [0.4, 0.5) is 5.69 Å². The Morgan fingerprint density at radius 3 is 2.95 bits per heavy atom. The molecule has 0 aromatic carbocycles. The predicted molar refractivity (Wildman–Crippen MR) is 87.2 cm³/mol. The molecule has 0 aliphatic rings. The van der Waals surface area contributed by atoms with Crippen LogP contribution >= 0.6 is 11.8 Å². The number of hydrogen-bond donors (Lipinski definition) is 1. The zero-order valence-corrected chi connectivity index (χ0v) is 13.3. The van der Waals surface area contributed by atoms with Crippen LogP contribution in [0.25, 0.3) is 11.0 Å². The third kappa shape index (κ3) is 2.55.